The van der Waals surface area contributed by atoms with E-state index in [1.54, 1.807) is 0 Å². The van der Waals surface area contributed by atoms with Gasteiger partial charge >= 0.3 is 0 Å². The van der Waals surface area contributed by atoms with Crippen LogP contribution in [-0.4, -0.2) is 22.4 Å². The summed E-state index contributed by atoms with van der Waals surface area (Å²) in [7, 11) is 2.10. The van der Waals surface area contributed by atoms with E-state index in [4.69, 9.17) is 0 Å². The normalized spacial score (nSPS) is 30.6. The van der Waals surface area contributed by atoms with Crippen LogP contribution in [0.2, 0.25) is 0 Å². The maximum absolute atomic E-state index is 4.42. The predicted octanol–water partition coefficient (Wildman–Crippen LogP) is 3.72. The maximum Gasteiger partial charge on any atom is 0.0492 e. The van der Waals surface area contributed by atoms with Gasteiger partial charge in [0.05, 0.1) is 0 Å². The van der Waals surface area contributed by atoms with E-state index in [2.05, 4.69) is 49.0 Å². The number of nitrogens with one attached hydrogen (secondary N) is 1. The molecule has 0 aromatic carbocycles. The molecule has 0 radical (unpaired) electrons. The van der Waals surface area contributed by atoms with Crippen LogP contribution in [0.15, 0.2) is 12.3 Å². The van der Waals surface area contributed by atoms with E-state index in [9.17, 15) is 0 Å². The fraction of sp³-hybridized carbons (Fsp3) is 0.833. The highest BCUT2D eigenvalue weighted by Crippen LogP contribution is 2.46. The zero-order valence-corrected chi connectivity index (χ0v) is 14.1. The van der Waals surface area contributed by atoms with Gasteiger partial charge in [-0.25, -0.2) is 0 Å². The van der Waals surface area contributed by atoms with Crippen LogP contribution in [-0.2, 0) is 7.05 Å². The van der Waals surface area contributed by atoms with Crippen molar-refractivity contribution in [1.82, 2.24) is 15.1 Å². The molecule has 3 nitrogen and oxygen atoms in total. The second-order valence-electron chi connectivity index (χ2n) is 8.30. The molecule has 1 N–H and O–H groups in total. The Balaban J connectivity index is 1.74. The summed E-state index contributed by atoms with van der Waals surface area (Å²) in [6.45, 7) is 8.40. The zero-order chi connectivity index (χ0) is 15.0. The Kier molecular flexibility index (Phi) is 4.13. The van der Waals surface area contributed by atoms with Crippen molar-refractivity contribution < 1.29 is 0 Å². The molecule has 2 fully saturated rings. The van der Waals surface area contributed by atoms with Gasteiger partial charge in [0.15, 0.2) is 0 Å². The minimum Gasteiger partial charge on any atom is -0.314 e. The van der Waals surface area contributed by atoms with Crippen molar-refractivity contribution >= 4 is 0 Å². The number of hydrogen-bond acceptors (Lipinski definition) is 2. The molecule has 2 aliphatic carbocycles. The lowest BCUT2D eigenvalue weighted by Crippen LogP contribution is -2.36. The van der Waals surface area contributed by atoms with Crippen molar-refractivity contribution in [3.05, 3.63) is 18.0 Å². The quantitative estimate of drug-likeness (QED) is 0.915. The third-order valence-corrected chi connectivity index (χ3v) is 5.70. The van der Waals surface area contributed by atoms with E-state index in [1.807, 2.05) is 6.20 Å². The first-order valence-corrected chi connectivity index (χ1v) is 8.66. The lowest BCUT2D eigenvalue weighted by Gasteiger charge is -2.42. The number of aryl methyl sites for hydroxylation is 1. The van der Waals surface area contributed by atoms with E-state index in [-0.39, 0.29) is 0 Å². The van der Waals surface area contributed by atoms with E-state index >= 15 is 0 Å². The van der Waals surface area contributed by atoms with E-state index in [0.717, 1.165) is 17.9 Å². The number of nitrogens with zero attached hydrogens (tertiary/aromatic N) is 2. The smallest absolute Gasteiger partial charge is 0.0492 e. The molecular weight excluding hydrogens is 258 g/mol. The van der Waals surface area contributed by atoms with Gasteiger partial charge in [0.1, 0.15) is 0 Å². The average Bonchev–Trinajstić information content (AvgIpc) is 3.16. The fourth-order valence-electron chi connectivity index (χ4n) is 3.98. The van der Waals surface area contributed by atoms with Crippen molar-refractivity contribution in [2.24, 2.45) is 24.3 Å². The molecule has 1 heterocycles. The predicted molar refractivity (Wildman–Crippen MR) is 87.3 cm³/mol. The molecule has 3 rings (SSSR count). The van der Waals surface area contributed by atoms with Crippen LogP contribution >= 0.6 is 0 Å². The molecule has 0 amide bonds. The Labute approximate surface area is 129 Å². The van der Waals surface area contributed by atoms with Gasteiger partial charge in [-0.05, 0) is 62.0 Å². The van der Waals surface area contributed by atoms with Crippen molar-refractivity contribution in [2.45, 2.75) is 64.8 Å². The largest absolute Gasteiger partial charge is 0.314 e. The first-order chi connectivity index (χ1) is 9.95. The molecule has 118 valence electrons. The Morgan fingerprint density at radius 2 is 2.00 bits per heavy atom. The molecule has 3 heteroatoms. The van der Waals surface area contributed by atoms with Crippen LogP contribution in [0.25, 0.3) is 0 Å². The molecule has 1 aromatic rings. The highest BCUT2D eigenvalue weighted by molar-refractivity contribution is 5.12. The summed E-state index contributed by atoms with van der Waals surface area (Å²) in [6.07, 6.45) is 8.79. The van der Waals surface area contributed by atoms with E-state index in [1.165, 1.54) is 44.3 Å². The molecule has 0 bridgehead atoms. The molecule has 0 saturated heterocycles. The van der Waals surface area contributed by atoms with Crippen molar-refractivity contribution in [2.75, 3.05) is 6.54 Å². The summed E-state index contributed by atoms with van der Waals surface area (Å²) in [5, 5.41) is 8.18. The molecule has 2 aliphatic rings. The Bertz CT molecular complexity index is 467. The molecule has 3 atom stereocenters. The molecular formula is C18H31N3. The van der Waals surface area contributed by atoms with E-state index in [0.29, 0.717) is 11.3 Å². The Hall–Kier alpha value is -0.830. The minimum absolute atomic E-state index is 0.422. The first-order valence-electron chi connectivity index (χ1n) is 8.66. The van der Waals surface area contributed by atoms with Gasteiger partial charge in [-0.15, -0.1) is 0 Å². The molecule has 0 spiro atoms. The van der Waals surface area contributed by atoms with Crippen LogP contribution in [0.4, 0.5) is 0 Å². The second kappa shape index (κ2) is 5.75. The molecule has 2 saturated carbocycles. The zero-order valence-electron chi connectivity index (χ0n) is 14.1. The highest BCUT2D eigenvalue weighted by atomic mass is 15.3. The van der Waals surface area contributed by atoms with Gasteiger partial charge < -0.3 is 5.32 Å². The number of hydrogen-bond donors (Lipinski definition) is 1. The average molecular weight is 289 g/mol. The molecule has 1 aromatic heterocycles. The van der Waals surface area contributed by atoms with E-state index < -0.39 is 0 Å². The highest BCUT2D eigenvalue weighted by Gasteiger charge is 2.38. The Morgan fingerprint density at radius 1 is 1.24 bits per heavy atom. The van der Waals surface area contributed by atoms with Crippen LogP contribution in [0.3, 0.4) is 0 Å². The lowest BCUT2D eigenvalue weighted by molar-refractivity contribution is 0.126. The maximum atomic E-state index is 4.42. The van der Waals surface area contributed by atoms with Gasteiger partial charge in [-0.1, -0.05) is 20.8 Å². The number of aromatic nitrogens is 2. The third kappa shape index (κ3) is 3.50. The monoisotopic (exact) mass is 289 g/mol. The summed E-state index contributed by atoms with van der Waals surface area (Å²) >= 11 is 0. The second-order valence-corrected chi connectivity index (χ2v) is 8.30. The minimum atomic E-state index is 0.422. The van der Waals surface area contributed by atoms with Crippen LogP contribution in [0, 0.1) is 17.3 Å². The topological polar surface area (TPSA) is 29.9 Å². The molecule has 0 aliphatic heterocycles. The van der Waals surface area contributed by atoms with Gasteiger partial charge in [-0.3, -0.25) is 4.68 Å². The SMILES string of the molecule is Cn1nccc1C1CC(C(C)(C)C)CCC1CNC1CC1. The summed E-state index contributed by atoms with van der Waals surface area (Å²) in [5.74, 6) is 2.27. The lowest BCUT2D eigenvalue weighted by atomic mass is 9.64. The standard InChI is InChI=1S/C18H31N3/c1-18(2,3)14-6-5-13(12-19-15-7-8-15)16(11-14)17-9-10-20-21(17)4/h9-10,13-16,19H,5-8,11-12H2,1-4H3. The summed E-state index contributed by atoms with van der Waals surface area (Å²) in [4.78, 5) is 0. The van der Waals surface area contributed by atoms with Crippen LogP contribution in [0.1, 0.15) is 64.5 Å². The van der Waals surface area contributed by atoms with Crippen molar-refractivity contribution in [3.63, 3.8) is 0 Å². The number of rotatable bonds is 4. The van der Waals surface area contributed by atoms with Crippen molar-refractivity contribution in [3.8, 4) is 0 Å². The third-order valence-electron chi connectivity index (χ3n) is 5.70. The first kappa shape index (κ1) is 15.1. The molecule has 21 heavy (non-hydrogen) atoms. The van der Waals surface area contributed by atoms with Gasteiger partial charge in [0, 0.05) is 30.9 Å². The molecule has 3 unspecified atom stereocenters. The van der Waals surface area contributed by atoms with Crippen molar-refractivity contribution in [1.29, 1.82) is 0 Å². The van der Waals surface area contributed by atoms with Gasteiger partial charge in [0.25, 0.3) is 0 Å². The summed E-state index contributed by atoms with van der Waals surface area (Å²) < 4.78 is 2.10. The fourth-order valence-corrected chi connectivity index (χ4v) is 3.98. The van der Waals surface area contributed by atoms with Gasteiger partial charge in [0.2, 0.25) is 0 Å². The van der Waals surface area contributed by atoms with Crippen LogP contribution in [0.5, 0.6) is 0 Å². The van der Waals surface area contributed by atoms with Crippen LogP contribution < -0.4 is 5.32 Å². The summed E-state index contributed by atoms with van der Waals surface area (Å²) in [6, 6.07) is 3.05. The van der Waals surface area contributed by atoms with Gasteiger partial charge in [-0.2, -0.15) is 5.10 Å². The Morgan fingerprint density at radius 3 is 2.57 bits per heavy atom. The summed E-state index contributed by atoms with van der Waals surface area (Å²) in [5.41, 5.74) is 1.86.